The molecule has 0 spiro atoms. The summed E-state index contributed by atoms with van der Waals surface area (Å²) in [5.41, 5.74) is 0.895. The highest BCUT2D eigenvalue weighted by Gasteiger charge is 1.89. The molecule has 1 atom stereocenters. The second-order valence-corrected chi connectivity index (χ2v) is 2.09. The normalized spacial score (nSPS) is 9.25. The van der Waals surface area contributed by atoms with Gasteiger partial charge in [-0.3, -0.25) is 0 Å². The number of rotatable bonds is 1. The van der Waals surface area contributed by atoms with E-state index in [0.717, 1.165) is 12.8 Å². The fraction of sp³-hybridized carbons (Fsp3) is 0.333. The maximum absolute atomic E-state index is 3.78. The standard InChI is InChI=1S/C3H7BN3P/c1-4-7-2-3(8)5-6-7/h2,4H,8H2,1H3. The Labute approximate surface area is 50.9 Å². The highest BCUT2D eigenvalue weighted by Crippen LogP contribution is 1.79. The van der Waals surface area contributed by atoms with Crippen molar-refractivity contribution in [3.05, 3.63) is 6.20 Å². The van der Waals surface area contributed by atoms with Gasteiger partial charge in [-0.1, -0.05) is 21.3 Å². The monoisotopic (exact) mass is 127 g/mol. The molecular weight excluding hydrogens is 120 g/mol. The lowest BCUT2D eigenvalue weighted by Crippen LogP contribution is -2.01. The van der Waals surface area contributed by atoms with E-state index in [-0.39, 0.29) is 0 Å². The summed E-state index contributed by atoms with van der Waals surface area (Å²) in [5, 5.41) is 7.54. The Bertz CT molecular complexity index is 175. The van der Waals surface area contributed by atoms with Crippen LogP contribution in [0.2, 0.25) is 6.82 Å². The van der Waals surface area contributed by atoms with Gasteiger partial charge in [0.2, 0.25) is 0 Å². The van der Waals surface area contributed by atoms with Crippen LogP contribution in [-0.4, -0.2) is 22.3 Å². The van der Waals surface area contributed by atoms with Crippen molar-refractivity contribution in [2.45, 2.75) is 6.82 Å². The van der Waals surface area contributed by atoms with E-state index in [9.17, 15) is 0 Å². The molecule has 1 aromatic heterocycles. The predicted octanol–water partition coefficient (Wildman–Crippen LogP) is -0.974. The van der Waals surface area contributed by atoms with Gasteiger partial charge in [-0.05, 0) is 0 Å². The molecule has 0 fully saturated rings. The molecule has 1 rings (SSSR count). The third-order valence-corrected chi connectivity index (χ3v) is 1.14. The van der Waals surface area contributed by atoms with E-state index in [0.29, 0.717) is 0 Å². The maximum atomic E-state index is 3.78. The van der Waals surface area contributed by atoms with Crippen molar-refractivity contribution in [1.82, 2.24) is 14.9 Å². The summed E-state index contributed by atoms with van der Waals surface area (Å²) in [4.78, 5) is 0. The van der Waals surface area contributed by atoms with E-state index in [4.69, 9.17) is 0 Å². The van der Waals surface area contributed by atoms with Crippen molar-refractivity contribution in [2.75, 3.05) is 0 Å². The molecule has 0 aliphatic rings. The van der Waals surface area contributed by atoms with Crippen LogP contribution >= 0.6 is 9.24 Å². The van der Waals surface area contributed by atoms with Crippen molar-refractivity contribution in [2.24, 2.45) is 0 Å². The van der Waals surface area contributed by atoms with Crippen LogP contribution in [0.3, 0.4) is 0 Å². The van der Waals surface area contributed by atoms with Crippen LogP contribution < -0.4 is 5.44 Å². The molecule has 1 unspecified atom stereocenters. The van der Waals surface area contributed by atoms with Crippen LogP contribution in [-0.2, 0) is 0 Å². The van der Waals surface area contributed by atoms with E-state index in [2.05, 4.69) is 19.6 Å². The highest BCUT2D eigenvalue weighted by molar-refractivity contribution is 7.26. The molecule has 8 heavy (non-hydrogen) atoms. The summed E-state index contributed by atoms with van der Waals surface area (Å²) >= 11 is 0. The Hall–Kier alpha value is -0.365. The minimum absolute atomic E-state index is 0.890. The molecule has 0 amide bonds. The molecule has 42 valence electrons. The first kappa shape index (κ1) is 5.77. The molecule has 1 heterocycles. The second kappa shape index (κ2) is 2.27. The minimum Gasteiger partial charge on any atom is -0.302 e. The maximum Gasteiger partial charge on any atom is 0.265 e. The summed E-state index contributed by atoms with van der Waals surface area (Å²) in [6.45, 7) is 2.03. The van der Waals surface area contributed by atoms with Crippen LogP contribution in [0.1, 0.15) is 0 Å². The molecule has 1 aromatic rings. The van der Waals surface area contributed by atoms with Gasteiger partial charge in [0, 0.05) is 6.20 Å². The van der Waals surface area contributed by atoms with Crippen LogP contribution in [0.5, 0.6) is 0 Å². The molecule has 0 saturated carbocycles. The fourth-order valence-corrected chi connectivity index (χ4v) is 0.692. The second-order valence-electron chi connectivity index (χ2n) is 1.50. The number of aromatic nitrogens is 3. The summed E-state index contributed by atoms with van der Waals surface area (Å²) in [6.07, 6.45) is 1.88. The molecule has 5 heteroatoms. The van der Waals surface area contributed by atoms with Gasteiger partial charge in [0.15, 0.2) is 0 Å². The van der Waals surface area contributed by atoms with Gasteiger partial charge in [0.05, 0.1) is 5.44 Å². The van der Waals surface area contributed by atoms with Crippen LogP contribution in [0.25, 0.3) is 0 Å². The van der Waals surface area contributed by atoms with Gasteiger partial charge >= 0.3 is 0 Å². The van der Waals surface area contributed by atoms with Crippen LogP contribution in [0.15, 0.2) is 6.20 Å². The van der Waals surface area contributed by atoms with Crippen LogP contribution in [0.4, 0.5) is 0 Å². The van der Waals surface area contributed by atoms with Gasteiger partial charge < -0.3 is 4.59 Å². The zero-order valence-electron chi connectivity index (χ0n) is 4.70. The van der Waals surface area contributed by atoms with Crippen molar-refractivity contribution >= 4 is 22.1 Å². The molecular formula is C3H7BN3P. The predicted molar refractivity (Wildman–Crippen MR) is 37.8 cm³/mol. The Balaban J connectivity index is 2.84. The van der Waals surface area contributed by atoms with Crippen LogP contribution in [0, 0.1) is 0 Å². The first-order chi connectivity index (χ1) is 3.83. The smallest absolute Gasteiger partial charge is 0.265 e. The zero-order chi connectivity index (χ0) is 5.98. The van der Waals surface area contributed by atoms with Gasteiger partial charge in [-0.25, -0.2) is 0 Å². The van der Waals surface area contributed by atoms with E-state index < -0.39 is 0 Å². The Morgan fingerprint density at radius 2 is 2.62 bits per heavy atom. The van der Waals surface area contributed by atoms with E-state index in [1.54, 1.807) is 4.59 Å². The van der Waals surface area contributed by atoms with E-state index >= 15 is 0 Å². The third-order valence-electron chi connectivity index (χ3n) is 0.880. The summed E-state index contributed by atoms with van der Waals surface area (Å²) in [6, 6.07) is 0. The van der Waals surface area contributed by atoms with Crippen molar-refractivity contribution < 1.29 is 0 Å². The van der Waals surface area contributed by atoms with Crippen molar-refractivity contribution in [3.8, 4) is 0 Å². The minimum atomic E-state index is 0.890. The fourth-order valence-electron chi connectivity index (χ4n) is 0.468. The summed E-state index contributed by atoms with van der Waals surface area (Å²) < 4.78 is 1.78. The quantitative estimate of drug-likeness (QED) is 0.358. The molecule has 0 bridgehead atoms. The number of hydrogen-bond donors (Lipinski definition) is 0. The molecule has 0 aliphatic carbocycles. The van der Waals surface area contributed by atoms with Crippen molar-refractivity contribution in [3.63, 3.8) is 0 Å². The summed E-state index contributed by atoms with van der Waals surface area (Å²) in [5.74, 6) is 0. The third kappa shape index (κ3) is 1.07. The largest absolute Gasteiger partial charge is 0.302 e. The van der Waals surface area contributed by atoms with Gasteiger partial charge in [0.1, 0.15) is 0 Å². The lowest BCUT2D eigenvalue weighted by molar-refractivity contribution is 0.873. The molecule has 0 aliphatic heterocycles. The average Bonchev–Trinajstić information content (AvgIpc) is 2.14. The van der Waals surface area contributed by atoms with E-state index in [1.807, 2.05) is 13.0 Å². The van der Waals surface area contributed by atoms with Gasteiger partial charge in [-0.15, -0.1) is 5.10 Å². The number of hydrogen-bond acceptors (Lipinski definition) is 2. The number of nitrogens with zero attached hydrogens (tertiary/aromatic N) is 3. The first-order valence-corrected chi connectivity index (χ1v) is 3.06. The van der Waals surface area contributed by atoms with E-state index in [1.165, 1.54) is 0 Å². The SMILES string of the molecule is CBn1cc(P)nn1. The lowest BCUT2D eigenvalue weighted by atomic mass is 10.0. The Morgan fingerprint density at radius 1 is 1.88 bits per heavy atom. The Morgan fingerprint density at radius 3 is 2.88 bits per heavy atom. The molecule has 3 nitrogen and oxygen atoms in total. The van der Waals surface area contributed by atoms with Crippen molar-refractivity contribution in [1.29, 1.82) is 0 Å². The highest BCUT2D eigenvalue weighted by atomic mass is 31.0. The molecule has 0 N–H and O–H groups in total. The zero-order valence-corrected chi connectivity index (χ0v) is 5.86. The Kier molecular flexibility index (Phi) is 1.64. The lowest BCUT2D eigenvalue weighted by Gasteiger charge is -1.83. The average molecular weight is 127 g/mol. The topological polar surface area (TPSA) is 30.7 Å². The van der Waals surface area contributed by atoms with Gasteiger partial charge in [0.25, 0.3) is 7.41 Å². The summed E-state index contributed by atoms with van der Waals surface area (Å²) in [7, 11) is 3.37. The molecule has 0 radical (unpaired) electrons. The molecule has 0 aromatic carbocycles. The first-order valence-electron chi connectivity index (χ1n) is 2.48. The molecule has 0 saturated heterocycles. The van der Waals surface area contributed by atoms with Gasteiger partial charge in [-0.2, -0.15) is 0 Å².